The van der Waals surface area contributed by atoms with Crippen LogP contribution >= 0.6 is 11.6 Å². The summed E-state index contributed by atoms with van der Waals surface area (Å²) >= 11 is 5.87. The van der Waals surface area contributed by atoms with Crippen LogP contribution in [0.3, 0.4) is 0 Å². The minimum atomic E-state index is -0.0480. The van der Waals surface area contributed by atoms with E-state index in [2.05, 4.69) is 10.1 Å². The molecule has 0 aliphatic carbocycles. The molecule has 2 heterocycles. The average Bonchev–Trinajstić information content (AvgIpc) is 3.06. The van der Waals surface area contributed by atoms with E-state index in [1.54, 1.807) is 17.0 Å². The maximum atomic E-state index is 12.2. The lowest BCUT2D eigenvalue weighted by atomic mass is 10.1. The van der Waals surface area contributed by atoms with E-state index >= 15 is 0 Å². The minimum Gasteiger partial charge on any atom is -0.339 e. The highest BCUT2D eigenvalue weighted by molar-refractivity contribution is 6.30. The third-order valence-electron chi connectivity index (χ3n) is 3.59. The van der Waals surface area contributed by atoms with E-state index in [1.807, 2.05) is 26.0 Å². The van der Waals surface area contributed by atoms with E-state index in [0.29, 0.717) is 29.7 Å². The van der Waals surface area contributed by atoms with Crippen LogP contribution in [-0.4, -0.2) is 22.6 Å². The monoisotopic (exact) mass is 305 g/mol. The van der Waals surface area contributed by atoms with E-state index in [9.17, 15) is 4.79 Å². The lowest BCUT2D eigenvalue weighted by Crippen LogP contribution is -2.24. The molecule has 1 aliphatic heterocycles. The van der Waals surface area contributed by atoms with E-state index in [-0.39, 0.29) is 17.7 Å². The summed E-state index contributed by atoms with van der Waals surface area (Å²) < 4.78 is 5.30. The summed E-state index contributed by atoms with van der Waals surface area (Å²) in [6.45, 7) is 4.57. The Balaban J connectivity index is 1.79. The molecule has 1 unspecified atom stereocenters. The quantitative estimate of drug-likeness (QED) is 0.872. The molecule has 21 heavy (non-hydrogen) atoms. The number of halogens is 1. The molecule has 0 bridgehead atoms. The van der Waals surface area contributed by atoms with Gasteiger partial charge in [-0.05, 0) is 24.3 Å². The summed E-state index contributed by atoms with van der Waals surface area (Å²) in [5, 5.41) is 4.61. The van der Waals surface area contributed by atoms with Gasteiger partial charge in [0.2, 0.25) is 11.8 Å². The number of amides is 1. The first-order valence-electron chi connectivity index (χ1n) is 6.94. The molecule has 0 N–H and O–H groups in total. The highest BCUT2D eigenvalue weighted by atomic mass is 35.5. The molecular formula is C15H16ClN3O2. The van der Waals surface area contributed by atoms with Crippen LogP contribution in [0.1, 0.15) is 43.8 Å². The van der Waals surface area contributed by atoms with Gasteiger partial charge in [-0.1, -0.05) is 30.6 Å². The highest BCUT2D eigenvalue weighted by Crippen LogP contribution is 2.31. The summed E-state index contributed by atoms with van der Waals surface area (Å²) in [6, 6.07) is 7.24. The van der Waals surface area contributed by atoms with Gasteiger partial charge in [0.25, 0.3) is 0 Å². The Labute approximate surface area is 127 Å². The fourth-order valence-corrected chi connectivity index (χ4v) is 2.52. The van der Waals surface area contributed by atoms with E-state index in [0.717, 1.165) is 5.69 Å². The van der Waals surface area contributed by atoms with Gasteiger partial charge in [0.1, 0.15) is 0 Å². The van der Waals surface area contributed by atoms with Gasteiger partial charge in [-0.3, -0.25) is 4.79 Å². The second kappa shape index (κ2) is 5.48. The number of rotatable bonds is 3. The number of aromatic nitrogens is 2. The minimum absolute atomic E-state index is 0.0480. The summed E-state index contributed by atoms with van der Waals surface area (Å²) in [6.07, 6.45) is 0.391. The molecule has 1 saturated heterocycles. The number of nitrogens with zero attached hydrogens (tertiary/aromatic N) is 3. The molecule has 6 heteroatoms. The van der Waals surface area contributed by atoms with Crippen LogP contribution in [-0.2, 0) is 4.79 Å². The number of benzene rings is 1. The SMILES string of the molecule is CC(C)c1noc(C2CC(=O)N(c3ccc(Cl)cc3)C2)n1. The van der Waals surface area contributed by atoms with Gasteiger partial charge in [-0.25, -0.2) is 0 Å². The molecule has 110 valence electrons. The molecule has 0 spiro atoms. The maximum Gasteiger partial charge on any atom is 0.232 e. The van der Waals surface area contributed by atoms with Crippen molar-refractivity contribution in [2.24, 2.45) is 0 Å². The molecule has 0 radical (unpaired) electrons. The molecule has 1 aromatic heterocycles. The zero-order valence-corrected chi connectivity index (χ0v) is 12.7. The Morgan fingerprint density at radius 3 is 2.67 bits per heavy atom. The van der Waals surface area contributed by atoms with Crippen molar-refractivity contribution in [3.63, 3.8) is 0 Å². The predicted molar refractivity (Wildman–Crippen MR) is 79.6 cm³/mol. The lowest BCUT2D eigenvalue weighted by Gasteiger charge is -2.15. The van der Waals surface area contributed by atoms with Crippen LogP contribution in [0.5, 0.6) is 0 Å². The van der Waals surface area contributed by atoms with Crippen molar-refractivity contribution in [1.29, 1.82) is 0 Å². The highest BCUT2D eigenvalue weighted by Gasteiger charge is 2.35. The lowest BCUT2D eigenvalue weighted by molar-refractivity contribution is -0.117. The van der Waals surface area contributed by atoms with E-state index in [4.69, 9.17) is 16.1 Å². The predicted octanol–water partition coefficient (Wildman–Crippen LogP) is 3.37. The zero-order chi connectivity index (χ0) is 15.0. The van der Waals surface area contributed by atoms with Crippen LogP contribution in [0.4, 0.5) is 5.69 Å². The first-order chi connectivity index (χ1) is 10.0. The van der Waals surface area contributed by atoms with Gasteiger partial charge >= 0.3 is 0 Å². The fraction of sp³-hybridized carbons (Fsp3) is 0.400. The Morgan fingerprint density at radius 2 is 2.05 bits per heavy atom. The van der Waals surface area contributed by atoms with Crippen LogP contribution in [0.15, 0.2) is 28.8 Å². The first kappa shape index (κ1) is 14.1. The molecule has 5 nitrogen and oxygen atoms in total. The molecule has 1 aromatic carbocycles. The van der Waals surface area contributed by atoms with Gasteiger partial charge in [0.15, 0.2) is 5.82 Å². The molecule has 1 atom stereocenters. The summed E-state index contributed by atoms with van der Waals surface area (Å²) in [5.41, 5.74) is 0.843. The smallest absolute Gasteiger partial charge is 0.232 e. The van der Waals surface area contributed by atoms with Crippen molar-refractivity contribution < 1.29 is 9.32 Å². The van der Waals surface area contributed by atoms with Gasteiger partial charge in [0.05, 0.1) is 5.92 Å². The van der Waals surface area contributed by atoms with Crippen LogP contribution < -0.4 is 4.90 Å². The fourth-order valence-electron chi connectivity index (χ4n) is 2.39. The second-order valence-corrected chi connectivity index (χ2v) is 5.96. The molecule has 1 aliphatic rings. The first-order valence-corrected chi connectivity index (χ1v) is 7.32. The number of carbonyl (C=O) groups is 1. The van der Waals surface area contributed by atoms with Gasteiger partial charge < -0.3 is 9.42 Å². The molecule has 2 aromatic rings. The second-order valence-electron chi connectivity index (χ2n) is 5.53. The maximum absolute atomic E-state index is 12.2. The van der Waals surface area contributed by atoms with Crippen molar-refractivity contribution in [3.8, 4) is 0 Å². The standard InChI is InChI=1S/C15H16ClN3O2/c1-9(2)14-17-15(21-18-14)10-7-13(20)19(8-10)12-5-3-11(16)4-6-12/h3-6,9-10H,7-8H2,1-2H3. The van der Waals surface area contributed by atoms with E-state index < -0.39 is 0 Å². The Kier molecular flexibility index (Phi) is 3.68. The molecule has 1 amide bonds. The third-order valence-corrected chi connectivity index (χ3v) is 3.84. The average molecular weight is 306 g/mol. The van der Waals surface area contributed by atoms with Gasteiger partial charge in [-0.15, -0.1) is 0 Å². The van der Waals surface area contributed by atoms with Crippen LogP contribution in [0.25, 0.3) is 0 Å². The number of hydrogen-bond donors (Lipinski definition) is 0. The Morgan fingerprint density at radius 1 is 1.33 bits per heavy atom. The topological polar surface area (TPSA) is 59.2 Å². The number of hydrogen-bond acceptors (Lipinski definition) is 4. The molecule has 1 fully saturated rings. The van der Waals surface area contributed by atoms with Crippen LogP contribution in [0, 0.1) is 0 Å². The molecule has 3 rings (SSSR count). The number of anilines is 1. The summed E-state index contributed by atoms with van der Waals surface area (Å²) in [5.74, 6) is 1.46. The van der Waals surface area contributed by atoms with Crippen molar-refractivity contribution in [3.05, 3.63) is 41.0 Å². The van der Waals surface area contributed by atoms with Crippen molar-refractivity contribution >= 4 is 23.2 Å². The van der Waals surface area contributed by atoms with Crippen molar-refractivity contribution in [2.45, 2.75) is 32.1 Å². The Bertz CT molecular complexity index is 651. The van der Waals surface area contributed by atoms with Crippen LogP contribution in [0.2, 0.25) is 5.02 Å². The van der Waals surface area contributed by atoms with Gasteiger partial charge in [0, 0.05) is 29.6 Å². The van der Waals surface area contributed by atoms with E-state index in [1.165, 1.54) is 0 Å². The summed E-state index contributed by atoms with van der Waals surface area (Å²) in [7, 11) is 0. The molecular weight excluding hydrogens is 290 g/mol. The van der Waals surface area contributed by atoms with Crippen molar-refractivity contribution in [2.75, 3.05) is 11.4 Å². The third kappa shape index (κ3) is 2.78. The van der Waals surface area contributed by atoms with Gasteiger partial charge in [-0.2, -0.15) is 4.98 Å². The molecule has 0 saturated carbocycles. The zero-order valence-electron chi connectivity index (χ0n) is 11.9. The van der Waals surface area contributed by atoms with Crippen molar-refractivity contribution in [1.82, 2.24) is 10.1 Å². The largest absolute Gasteiger partial charge is 0.339 e. The number of carbonyl (C=O) groups excluding carboxylic acids is 1. The Hall–Kier alpha value is -1.88. The summed E-state index contributed by atoms with van der Waals surface area (Å²) in [4.78, 5) is 18.3. The normalized spacial score (nSPS) is 18.8.